The molecule has 230 valence electrons. The van der Waals surface area contributed by atoms with Crippen molar-refractivity contribution in [3.05, 3.63) is 0 Å². The van der Waals surface area contributed by atoms with Crippen molar-refractivity contribution >= 4 is 35.4 Å². The van der Waals surface area contributed by atoms with E-state index in [1.807, 2.05) is 13.8 Å². The van der Waals surface area contributed by atoms with Crippen molar-refractivity contribution in [2.24, 2.45) is 5.92 Å². The van der Waals surface area contributed by atoms with Gasteiger partial charge in [-0.15, -0.1) is 0 Å². The van der Waals surface area contributed by atoms with E-state index >= 15 is 0 Å². The number of carboxylic acid groups (broad SMARTS) is 2. The van der Waals surface area contributed by atoms with Crippen molar-refractivity contribution in [1.82, 2.24) is 21.3 Å². The Morgan fingerprint density at radius 2 is 1.20 bits per heavy atom. The summed E-state index contributed by atoms with van der Waals surface area (Å²) in [6.45, 7) is 8.99. The molecule has 0 heterocycles. The number of nitrogens with one attached hydrogen (secondary N) is 4. The van der Waals surface area contributed by atoms with Crippen molar-refractivity contribution in [3.63, 3.8) is 0 Å². The zero-order valence-corrected chi connectivity index (χ0v) is 24.0. The van der Waals surface area contributed by atoms with E-state index in [4.69, 9.17) is 9.47 Å². The molecule has 0 aliphatic carbocycles. The summed E-state index contributed by atoms with van der Waals surface area (Å²) in [7, 11) is 0. The van der Waals surface area contributed by atoms with Gasteiger partial charge in [0.25, 0.3) is 0 Å². The SMILES string of the molecule is CC(C)NCCCC(=O)N[C@@H](CCC(=O)N[C@@H](CCC(=O)NCCOCCOCC(=O)C(C)C)C(=O)O)C(=O)O. The quantitative estimate of drug-likeness (QED) is 0.0834. The molecule has 0 aliphatic heterocycles. The highest BCUT2D eigenvalue weighted by Crippen LogP contribution is 2.03. The molecule has 40 heavy (non-hydrogen) atoms. The van der Waals surface area contributed by atoms with Gasteiger partial charge < -0.3 is 41.0 Å². The van der Waals surface area contributed by atoms with Crippen molar-refractivity contribution in [3.8, 4) is 0 Å². The van der Waals surface area contributed by atoms with Gasteiger partial charge in [-0.3, -0.25) is 19.2 Å². The van der Waals surface area contributed by atoms with Gasteiger partial charge in [0.1, 0.15) is 18.7 Å². The number of hydrogen-bond donors (Lipinski definition) is 6. The molecule has 0 bridgehead atoms. The van der Waals surface area contributed by atoms with Crippen molar-refractivity contribution in [1.29, 1.82) is 0 Å². The van der Waals surface area contributed by atoms with Crippen molar-refractivity contribution in [2.45, 2.75) is 84.3 Å². The number of ketones is 1. The molecule has 0 spiro atoms. The second-order valence-electron chi connectivity index (χ2n) is 9.84. The minimum atomic E-state index is -1.34. The standard InChI is InChI=1S/C26H46N4O10/c1-17(2)21(31)16-40-15-14-39-13-12-28-22(32)9-7-19(25(35)36)30-24(34)10-8-20(26(37)38)29-23(33)6-5-11-27-18(3)4/h17-20,27H,5-16H2,1-4H3,(H,28,32)(H,29,33)(H,30,34)(H,35,36)(H,37,38)/t19-,20-/m0/s1. The lowest BCUT2D eigenvalue weighted by Gasteiger charge is -2.17. The summed E-state index contributed by atoms with van der Waals surface area (Å²) in [5, 5.41) is 29.1. The second kappa shape index (κ2) is 21.7. The number of hydrogen-bond acceptors (Lipinski definition) is 9. The number of carbonyl (C=O) groups is 6. The monoisotopic (exact) mass is 574 g/mol. The van der Waals surface area contributed by atoms with Gasteiger partial charge in [-0.05, 0) is 25.8 Å². The average molecular weight is 575 g/mol. The lowest BCUT2D eigenvalue weighted by Crippen LogP contribution is -2.44. The molecule has 14 heteroatoms. The lowest BCUT2D eigenvalue weighted by atomic mass is 10.1. The number of aliphatic carboxylic acids is 2. The molecule has 0 aliphatic rings. The molecular weight excluding hydrogens is 528 g/mol. The van der Waals surface area contributed by atoms with Crippen LogP contribution >= 0.6 is 0 Å². The third-order valence-electron chi connectivity index (χ3n) is 5.55. The van der Waals surface area contributed by atoms with Gasteiger partial charge in [0.05, 0.1) is 19.8 Å². The summed E-state index contributed by atoms with van der Waals surface area (Å²) < 4.78 is 10.5. The third kappa shape index (κ3) is 19.9. The van der Waals surface area contributed by atoms with Crippen LogP contribution in [0.2, 0.25) is 0 Å². The van der Waals surface area contributed by atoms with Gasteiger partial charge in [0, 0.05) is 37.8 Å². The van der Waals surface area contributed by atoms with Crippen LogP contribution in [0.25, 0.3) is 0 Å². The molecule has 0 aromatic carbocycles. The smallest absolute Gasteiger partial charge is 0.326 e. The Morgan fingerprint density at radius 1 is 0.675 bits per heavy atom. The largest absolute Gasteiger partial charge is 0.480 e. The molecule has 6 N–H and O–H groups in total. The highest BCUT2D eigenvalue weighted by atomic mass is 16.5. The Kier molecular flexibility index (Phi) is 20.0. The van der Waals surface area contributed by atoms with E-state index < -0.39 is 41.7 Å². The zero-order chi connectivity index (χ0) is 30.5. The van der Waals surface area contributed by atoms with Gasteiger partial charge in [0.15, 0.2) is 5.78 Å². The van der Waals surface area contributed by atoms with Crippen LogP contribution in [0.1, 0.15) is 66.2 Å². The van der Waals surface area contributed by atoms with Crippen molar-refractivity contribution < 1.29 is 48.5 Å². The van der Waals surface area contributed by atoms with E-state index in [9.17, 15) is 39.0 Å². The lowest BCUT2D eigenvalue weighted by molar-refractivity contribution is -0.143. The Balaban J connectivity index is 4.27. The van der Waals surface area contributed by atoms with E-state index in [0.717, 1.165) is 0 Å². The summed E-state index contributed by atoms with van der Waals surface area (Å²) >= 11 is 0. The van der Waals surface area contributed by atoms with Crippen molar-refractivity contribution in [2.75, 3.05) is 39.5 Å². The summed E-state index contributed by atoms with van der Waals surface area (Å²) in [5.41, 5.74) is 0. The molecule has 0 saturated carbocycles. The fraction of sp³-hybridized carbons (Fsp3) is 0.769. The maximum absolute atomic E-state index is 12.2. The zero-order valence-electron chi connectivity index (χ0n) is 24.0. The molecule has 0 fully saturated rings. The Labute approximate surface area is 235 Å². The first kappa shape index (κ1) is 36.9. The van der Waals surface area contributed by atoms with Crippen LogP contribution in [0.3, 0.4) is 0 Å². The van der Waals surface area contributed by atoms with E-state index in [0.29, 0.717) is 13.0 Å². The van der Waals surface area contributed by atoms with Crippen LogP contribution in [0.5, 0.6) is 0 Å². The van der Waals surface area contributed by atoms with E-state index in [-0.39, 0.29) is 82.8 Å². The summed E-state index contributed by atoms with van der Waals surface area (Å²) in [4.78, 5) is 70.7. The van der Waals surface area contributed by atoms with Crippen LogP contribution in [0.4, 0.5) is 0 Å². The molecule has 14 nitrogen and oxygen atoms in total. The van der Waals surface area contributed by atoms with Crippen LogP contribution in [0.15, 0.2) is 0 Å². The van der Waals surface area contributed by atoms with E-state index in [1.165, 1.54) is 0 Å². The predicted octanol–water partition coefficient (Wildman–Crippen LogP) is -0.162. The highest BCUT2D eigenvalue weighted by molar-refractivity contribution is 5.86. The van der Waals surface area contributed by atoms with Gasteiger partial charge >= 0.3 is 11.9 Å². The van der Waals surface area contributed by atoms with Crippen LogP contribution < -0.4 is 21.3 Å². The minimum Gasteiger partial charge on any atom is -0.480 e. The maximum Gasteiger partial charge on any atom is 0.326 e. The fourth-order valence-corrected chi connectivity index (χ4v) is 3.15. The number of amides is 3. The van der Waals surface area contributed by atoms with Gasteiger partial charge in [-0.25, -0.2) is 9.59 Å². The highest BCUT2D eigenvalue weighted by Gasteiger charge is 2.24. The Bertz CT molecular complexity index is 819. The van der Waals surface area contributed by atoms with Crippen LogP contribution in [-0.2, 0) is 38.2 Å². The Hall–Kier alpha value is -3.10. The summed E-state index contributed by atoms with van der Waals surface area (Å²) in [6, 6.07) is -2.37. The first-order chi connectivity index (χ1) is 18.8. The minimum absolute atomic E-state index is 0.00236. The fourth-order valence-electron chi connectivity index (χ4n) is 3.15. The van der Waals surface area contributed by atoms with Gasteiger partial charge in [0.2, 0.25) is 17.7 Å². The second-order valence-corrected chi connectivity index (χ2v) is 9.84. The topological polar surface area (TPSA) is 209 Å². The first-order valence-electron chi connectivity index (χ1n) is 13.6. The molecule has 0 unspecified atom stereocenters. The molecule has 3 amide bonds. The van der Waals surface area contributed by atoms with E-state index in [2.05, 4.69) is 21.3 Å². The number of carboxylic acids is 2. The summed E-state index contributed by atoms with van der Waals surface area (Å²) in [5.74, 6) is -4.33. The van der Waals surface area contributed by atoms with Gasteiger partial charge in [-0.2, -0.15) is 0 Å². The third-order valence-corrected chi connectivity index (χ3v) is 5.55. The molecule has 0 radical (unpaired) electrons. The maximum atomic E-state index is 12.2. The molecule has 0 saturated heterocycles. The predicted molar refractivity (Wildman–Crippen MR) is 144 cm³/mol. The molecule has 2 atom stereocenters. The van der Waals surface area contributed by atoms with Gasteiger partial charge in [-0.1, -0.05) is 27.7 Å². The average Bonchev–Trinajstić information content (AvgIpc) is 2.87. The number of ether oxygens (including phenoxy) is 2. The van der Waals surface area contributed by atoms with Crippen LogP contribution in [-0.4, -0.2) is 103 Å². The van der Waals surface area contributed by atoms with E-state index in [1.54, 1.807) is 13.8 Å². The molecular formula is C26H46N4O10. The normalized spacial score (nSPS) is 12.6. The molecule has 0 rings (SSSR count). The number of carbonyl (C=O) groups excluding carboxylic acids is 4. The number of rotatable bonds is 24. The molecule has 0 aromatic heterocycles. The first-order valence-corrected chi connectivity index (χ1v) is 13.6. The number of Topliss-reactive ketones (excluding diaryl/α,β-unsaturated/α-hetero) is 1. The molecule has 0 aromatic rings. The Morgan fingerprint density at radius 3 is 1.73 bits per heavy atom. The summed E-state index contributed by atoms with van der Waals surface area (Å²) in [6.07, 6.45) is -0.238. The van der Waals surface area contributed by atoms with Crippen LogP contribution in [0, 0.1) is 5.92 Å².